The van der Waals surface area contributed by atoms with E-state index in [1.807, 2.05) is 47.0 Å². The first-order valence-electron chi connectivity index (χ1n) is 10.6. The van der Waals surface area contributed by atoms with E-state index in [9.17, 15) is 4.79 Å². The van der Waals surface area contributed by atoms with Crippen LogP contribution in [-0.4, -0.2) is 39.8 Å². The van der Waals surface area contributed by atoms with Gasteiger partial charge in [0, 0.05) is 13.2 Å². The molecule has 2 aromatic carbocycles. The van der Waals surface area contributed by atoms with Crippen LogP contribution in [0.4, 0.5) is 5.82 Å². The lowest BCUT2D eigenvalue weighted by Crippen LogP contribution is -2.18. The van der Waals surface area contributed by atoms with Crippen LogP contribution >= 0.6 is 0 Å². The average molecular weight is 416 g/mol. The summed E-state index contributed by atoms with van der Waals surface area (Å²) in [4.78, 5) is 22.5. The Hall–Kier alpha value is -3.45. The van der Waals surface area contributed by atoms with Gasteiger partial charge in [0.25, 0.3) is 0 Å². The Bertz CT molecular complexity index is 1230. The summed E-state index contributed by atoms with van der Waals surface area (Å²) in [5.74, 6) is -0.153. The van der Waals surface area contributed by atoms with Crippen LogP contribution in [0.2, 0.25) is 0 Å². The molecule has 1 aliphatic rings. The molecule has 5 rings (SSSR count). The SMILES string of the molecule is Nc1c(C(=O)OCC2CCCO2)c2nc3ccccc3nc2n1CCc1ccccc1. The number of hydrogen-bond donors (Lipinski definition) is 1. The molecule has 1 unspecified atom stereocenters. The van der Waals surface area contributed by atoms with Crippen molar-refractivity contribution < 1.29 is 14.3 Å². The number of nitrogens with zero attached hydrogens (tertiary/aromatic N) is 3. The number of rotatable bonds is 6. The Labute approximate surface area is 179 Å². The third-order valence-corrected chi connectivity index (χ3v) is 5.69. The van der Waals surface area contributed by atoms with Gasteiger partial charge in [-0.1, -0.05) is 42.5 Å². The van der Waals surface area contributed by atoms with E-state index >= 15 is 0 Å². The Kier molecular flexibility index (Phi) is 5.26. The molecule has 1 atom stereocenters. The monoisotopic (exact) mass is 416 g/mol. The molecule has 7 heteroatoms. The van der Waals surface area contributed by atoms with Gasteiger partial charge in [-0.3, -0.25) is 0 Å². The van der Waals surface area contributed by atoms with Crippen LogP contribution in [0, 0.1) is 0 Å². The van der Waals surface area contributed by atoms with Gasteiger partial charge in [0.15, 0.2) is 5.65 Å². The third kappa shape index (κ3) is 3.84. The van der Waals surface area contributed by atoms with Gasteiger partial charge >= 0.3 is 5.97 Å². The van der Waals surface area contributed by atoms with E-state index in [1.165, 1.54) is 5.56 Å². The molecule has 0 saturated carbocycles. The number of carbonyl (C=O) groups excluding carboxylic acids is 1. The van der Waals surface area contributed by atoms with Crippen molar-refractivity contribution in [2.75, 3.05) is 18.9 Å². The molecule has 2 N–H and O–H groups in total. The number of carbonyl (C=O) groups is 1. The highest BCUT2D eigenvalue weighted by Crippen LogP contribution is 2.29. The number of ether oxygens (including phenoxy) is 2. The number of anilines is 1. The topological polar surface area (TPSA) is 92.3 Å². The smallest absolute Gasteiger partial charge is 0.344 e. The molecule has 0 bridgehead atoms. The van der Waals surface area contributed by atoms with Crippen LogP contribution in [-0.2, 0) is 22.4 Å². The minimum Gasteiger partial charge on any atom is -0.459 e. The summed E-state index contributed by atoms with van der Waals surface area (Å²) in [5, 5.41) is 0. The lowest BCUT2D eigenvalue weighted by Gasteiger charge is -2.10. The van der Waals surface area contributed by atoms with E-state index in [0.29, 0.717) is 35.7 Å². The highest BCUT2D eigenvalue weighted by atomic mass is 16.6. The fourth-order valence-electron chi connectivity index (χ4n) is 4.05. The van der Waals surface area contributed by atoms with Crippen LogP contribution in [0.3, 0.4) is 0 Å². The van der Waals surface area contributed by atoms with Crippen molar-refractivity contribution in [2.24, 2.45) is 0 Å². The first-order valence-corrected chi connectivity index (χ1v) is 10.6. The summed E-state index contributed by atoms with van der Waals surface area (Å²) in [5.41, 5.74) is 10.5. The number of fused-ring (bicyclic) bond motifs is 2. The molecular formula is C24H24N4O3. The van der Waals surface area contributed by atoms with Gasteiger partial charge in [0.05, 0.1) is 17.1 Å². The number of benzene rings is 2. The molecule has 1 saturated heterocycles. The van der Waals surface area contributed by atoms with E-state index < -0.39 is 5.97 Å². The summed E-state index contributed by atoms with van der Waals surface area (Å²) in [7, 11) is 0. The van der Waals surface area contributed by atoms with Crippen molar-refractivity contribution in [1.82, 2.24) is 14.5 Å². The lowest BCUT2D eigenvalue weighted by molar-refractivity contribution is 0.0163. The normalized spacial score (nSPS) is 16.2. The quantitative estimate of drug-likeness (QED) is 0.481. The molecule has 3 heterocycles. The number of aromatic nitrogens is 3. The molecule has 0 spiro atoms. The second kappa shape index (κ2) is 8.35. The number of para-hydroxylation sites is 2. The van der Waals surface area contributed by atoms with Crippen LogP contribution in [0.5, 0.6) is 0 Å². The summed E-state index contributed by atoms with van der Waals surface area (Å²) in [6.45, 7) is 1.51. The first kappa shape index (κ1) is 19.5. The van der Waals surface area contributed by atoms with Crippen molar-refractivity contribution in [3.8, 4) is 0 Å². The van der Waals surface area contributed by atoms with Gasteiger partial charge in [-0.05, 0) is 37.0 Å². The minimum absolute atomic E-state index is 0.0523. The van der Waals surface area contributed by atoms with Crippen molar-refractivity contribution in [3.63, 3.8) is 0 Å². The Morgan fingerprint density at radius 2 is 1.84 bits per heavy atom. The molecule has 0 radical (unpaired) electrons. The van der Waals surface area contributed by atoms with Crippen molar-refractivity contribution in [2.45, 2.75) is 31.9 Å². The fraction of sp³-hybridized carbons (Fsp3) is 0.292. The summed E-state index contributed by atoms with van der Waals surface area (Å²) < 4.78 is 13.0. The molecule has 158 valence electrons. The number of esters is 1. The Morgan fingerprint density at radius 1 is 1.10 bits per heavy atom. The van der Waals surface area contributed by atoms with Gasteiger partial charge in [-0.2, -0.15) is 0 Å². The minimum atomic E-state index is -0.485. The molecule has 0 aliphatic carbocycles. The zero-order valence-corrected chi connectivity index (χ0v) is 17.2. The standard InChI is InChI=1S/C24H24N4O3/c25-22-20(24(29)31-15-17-9-6-14-30-17)21-23(27-19-11-5-4-10-18(19)26-21)28(22)13-12-16-7-2-1-3-8-16/h1-5,7-8,10-11,17H,6,9,12-15,25H2. The predicted molar refractivity (Wildman–Crippen MR) is 119 cm³/mol. The molecule has 2 aromatic heterocycles. The summed E-state index contributed by atoms with van der Waals surface area (Å²) in [6.07, 6.45) is 2.59. The van der Waals surface area contributed by atoms with E-state index in [4.69, 9.17) is 25.2 Å². The van der Waals surface area contributed by atoms with E-state index in [0.717, 1.165) is 24.8 Å². The highest BCUT2D eigenvalue weighted by molar-refractivity contribution is 6.08. The molecule has 31 heavy (non-hydrogen) atoms. The number of nitrogens with two attached hydrogens (primary N) is 1. The maximum absolute atomic E-state index is 13.0. The van der Waals surface area contributed by atoms with Crippen LogP contribution in [0.25, 0.3) is 22.2 Å². The molecule has 1 aliphatic heterocycles. The lowest BCUT2D eigenvalue weighted by atomic mass is 10.1. The van der Waals surface area contributed by atoms with Crippen LogP contribution in [0.1, 0.15) is 28.8 Å². The number of aryl methyl sites for hydroxylation is 2. The zero-order chi connectivity index (χ0) is 21.2. The number of hydrogen-bond acceptors (Lipinski definition) is 6. The van der Waals surface area contributed by atoms with Crippen LogP contribution in [0.15, 0.2) is 54.6 Å². The number of nitrogen functional groups attached to an aromatic ring is 1. The Morgan fingerprint density at radius 3 is 2.58 bits per heavy atom. The van der Waals surface area contributed by atoms with Crippen molar-refractivity contribution >= 4 is 34.0 Å². The molecule has 4 aromatic rings. The Balaban J connectivity index is 1.53. The first-order chi connectivity index (χ1) is 15.2. The van der Waals surface area contributed by atoms with E-state index in [1.54, 1.807) is 0 Å². The predicted octanol–water partition coefficient (Wildman–Crippen LogP) is 3.75. The zero-order valence-electron chi connectivity index (χ0n) is 17.2. The second-order valence-corrected chi connectivity index (χ2v) is 7.77. The maximum atomic E-state index is 13.0. The summed E-state index contributed by atoms with van der Waals surface area (Å²) in [6, 6.07) is 17.7. The molecule has 0 amide bonds. The van der Waals surface area contributed by atoms with Crippen LogP contribution < -0.4 is 5.73 Å². The molecule has 7 nitrogen and oxygen atoms in total. The highest BCUT2D eigenvalue weighted by Gasteiger charge is 2.26. The van der Waals surface area contributed by atoms with Gasteiger partial charge < -0.3 is 19.8 Å². The van der Waals surface area contributed by atoms with Crippen molar-refractivity contribution in [1.29, 1.82) is 0 Å². The fourth-order valence-corrected chi connectivity index (χ4v) is 4.05. The molecular weight excluding hydrogens is 392 g/mol. The van der Waals surface area contributed by atoms with E-state index in [2.05, 4.69) is 12.1 Å². The largest absolute Gasteiger partial charge is 0.459 e. The van der Waals surface area contributed by atoms with Crippen molar-refractivity contribution in [3.05, 3.63) is 65.7 Å². The van der Waals surface area contributed by atoms with Gasteiger partial charge in [0.1, 0.15) is 23.5 Å². The summed E-state index contributed by atoms with van der Waals surface area (Å²) >= 11 is 0. The molecule has 1 fully saturated rings. The third-order valence-electron chi connectivity index (χ3n) is 5.69. The average Bonchev–Trinajstić information content (AvgIpc) is 3.41. The van der Waals surface area contributed by atoms with Gasteiger partial charge in [0.2, 0.25) is 0 Å². The van der Waals surface area contributed by atoms with Gasteiger partial charge in [-0.15, -0.1) is 0 Å². The van der Waals surface area contributed by atoms with Gasteiger partial charge in [-0.25, -0.2) is 14.8 Å². The maximum Gasteiger partial charge on any atom is 0.344 e. The van der Waals surface area contributed by atoms with E-state index in [-0.39, 0.29) is 18.3 Å². The second-order valence-electron chi connectivity index (χ2n) is 7.77.